The molecule has 0 saturated carbocycles. The maximum atomic E-state index is 12.8. The van der Waals surface area contributed by atoms with Crippen LogP contribution in [0, 0.1) is 0 Å². The molecule has 1 amide bonds. The fourth-order valence-corrected chi connectivity index (χ4v) is 5.25. The zero-order valence-electron chi connectivity index (χ0n) is 22.7. The lowest BCUT2D eigenvalue weighted by Crippen LogP contribution is -2.41. The lowest BCUT2D eigenvalue weighted by Gasteiger charge is -2.19. The summed E-state index contributed by atoms with van der Waals surface area (Å²) in [5.41, 5.74) is 5.16. The number of hydrogen-bond acceptors (Lipinski definition) is 5. The molecular weight excluding hydrogens is 508 g/mol. The minimum absolute atomic E-state index is 0.0928. The molecule has 0 saturated heterocycles. The number of aliphatic carboxylic acids is 1. The van der Waals surface area contributed by atoms with Crippen molar-refractivity contribution in [3.63, 3.8) is 0 Å². The number of alkyl carbamates (subject to hydrolysis) is 1. The van der Waals surface area contributed by atoms with Gasteiger partial charge in [0.2, 0.25) is 0 Å². The minimum Gasteiger partial charge on any atom is -0.480 e. The first-order chi connectivity index (χ1) is 19.1. The molecule has 4 aromatic rings. The van der Waals surface area contributed by atoms with Gasteiger partial charge in [0, 0.05) is 17.5 Å². The van der Waals surface area contributed by atoms with Crippen molar-refractivity contribution in [3.05, 3.63) is 95.7 Å². The summed E-state index contributed by atoms with van der Waals surface area (Å²) in [6, 6.07) is 22.2. The van der Waals surface area contributed by atoms with E-state index in [0.29, 0.717) is 11.9 Å². The number of ether oxygens (including phenoxy) is 2. The number of para-hydroxylation sites is 1. The number of carbonyl (C=O) groups is 3. The van der Waals surface area contributed by atoms with Crippen LogP contribution in [-0.2, 0) is 20.7 Å². The molecule has 0 spiro atoms. The molecule has 1 aliphatic carbocycles. The highest BCUT2D eigenvalue weighted by Gasteiger charge is 2.30. The maximum Gasteiger partial charge on any atom is 0.419 e. The summed E-state index contributed by atoms with van der Waals surface area (Å²) < 4.78 is 12.5. The predicted octanol–water partition coefficient (Wildman–Crippen LogP) is 6.35. The first-order valence-electron chi connectivity index (χ1n) is 13.3. The Morgan fingerprint density at radius 1 is 0.925 bits per heavy atom. The summed E-state index contributed by atoms with van der Waals surface area (Å²) in [6.07, 6.45) is 0.802. The highest BCUT2D eigenvalue weighted by Crippen LogP contribution is 2.44. The van der Waals surface area contributed by atoms with E-state index in [9.17, 15) is 19.5 Å². The van der Waals surface area contributed by atoms with Gasteiger partial charge in [0.25, 0.3) is 0 Å². The summed E-state index contributed by atoms with van der Waals surface area (Å²) in [5.74, 6) is -1.29. The molecule has 0 radical (unpaired) electrons. The highest BCUT2D eigenvalue weighted by atomic mass is 16.6. The lowest BCUT2D eigenvalue weighted by atomic mass is 9.98. The van der Waals surface area contributed by atoms with Crippen molar-refractivity contribution in [2.24, 2.45) is 0 Å². The average Bonchev–Trinajstić information content (AvgIpc) is 3.45. The number of amides is 1. The Morgan fingerprint density at radius 2 is 1.52 bits per heavy atom. The van der Waals surface area contributed by atoms with Crippen molar-refractivity contribution >= 4 is 29.1 Å². The van der Waals surface area contributed by atoms with Crippen molar-refractivity contribution in [1.29, 1.82) is 0 Å². The van der Waals surface area contributed by atoms with Crippen LogP contribution in [0.4, 0.5) is 9.59 Å². The lowest BCUT2D eigenvalue weighted by molar-refractivity contribution is -0.139. The maximum absolute atomic E-state index is 12.8. The van der Waals surface area contributed by atoms with Crippen LogP contribution in [0.15, 0.2) is 79.0 Å². The molecule has 0 fully saturated rings. The van der Waals surface area contributed by atoms with Crippen LogP contribution in [0.5, 0.6) is 0 Å². The normalized spacial score (nSPS) is 13.4. The zero-order chi connectivity index (χ0) is 28.4. The Balaban J connectivity index is 1.25. The van der Waals surface area contributed by atoms with E-state index in [4.69, 9.17) is 9.47 Å². The fraction of sp³-hybridized carbons (Fsp3) is 0.281. The molecule has 0 bridgehead atoms. The van der Waals surface area contributed by atoms with Crippen LogP contribution < -0.4 is 5.32 Å². The summed E-state index contributed by atoms with van der Waals surface area (Å²) in [5, 5.41) is 13.2. The van der Waals surface area contributed by atoms with E-state index >= 15 is 0 Å². The van der Waals surface area contributed by atoms with Gasteiger partial charge in [0.1, 0.15) is 18.2 Å². The quantitative estimate of drug-likeness (QED) is 0.283. The number of carboxylic acids is 1. The SMILES string of the molecule is CC(C)(C)OC(=O)n1cc(CC[C@H](NC(=O)OCC2c3ccccc3-c3ccccc32)C(=O)O)c2ccccc21. The smallest absolute Gasteiger partial charge is 0.419 e. The van der Waals surface area contributed by atoms with E-state index in [1.807, 2.05) is 60.7 Å². The fourth-order valence-electron chi connectivity index (χ4n) is 5.25. The van der Waals surface area contributed by atoms with Gasteiger partial charge in [-0.2, -0.15) is 0 Å². The first kappa shape index (κ1) is 27.0. The van der Waals surface area contributed by atoms with Gasteiger partial charge in [-0.25, -0.2) is 14.4 Å². The van der Waals surface area contributed by atoms with Gasteiger partial charge in [0.05, 0.1) is 5.52 Å². The molecule has 8 heteroatoms. The number of hydrogen-bond donors (Lipinski definition) is 2. The van der Waals surface area contributed by atoms with Gasteiger partial charge in [0.15, 0.2) is 0 Å². The highest BCUT2D eigenvalue weighted by molar-refractivity contribution is 5.92. The zero-order valence-corrected chi connectivity index (χ0v) is 22.7. The number of nitrogens with zero attached hydrogens (tertiary/aromatic N) is 1. The van der Waals surface area contributed by atoms with Gasteiger partial charge < -0.3 is 19.9 Å². The van der Waals surface area contributed by atoms with Crippen LogP contribution in [-0.4, -0.2) is 46.1 Å². The summed E-state index contributed by atoms with van der Waals surface area (Å²) in [7, 11) is 0. The molecule has 1 atom stereocenters. The van der Waals surface area contributed by atoms with Gasteiger partial charge in [-0.1, -0.05) is 66.7 Å². The molecule has 0 unspecified atom stereocenters. The third kappa shape index (κ3) is 5.57. The van der Waals surface area contributed by atoms with E-state index in [0.717, 1.165) is 33.2 Å². The van der Waals surface area contributed by atoms with Crippen LogP contribution in [0.1, 0.15) is 49.8 Å². The number of aryl methyl sites for hydroxylation is 1. The molecule has 2 N–H and O–H groups in total. The second-order valence-corrected chi connectivity index (χ2v) is 10.9. The van der Waals surface area contributed by atoms with Crippen molar-refractivity contribution in [2.75, 3.05) is 6.61 Å². The molecule has 8 nitrogen and oxygen atoms in total. The van der Waals surface area contributed by atoms with E-state index in [-0.39, 0.29) is 18.9 Å². The number of carbonyl (C=O) groups excluding carboxylic acids is 2. The molecule has 3 aromatic carbocycles. The molecule has 0 aliphatic heterocycles. The molecular formula is C32H32N2O6. The number of rotatable bonds is 7. The Hall–Kier alpha value is -4.59. The topological polar surface area (TPSA) is 107 Å². The number of carboxylic acid groups (broad SMARTS) is 1. The van der Waals surface area contributed by atoms with Crippen molar-refractivity contribution in [1.82, 2.24) is 9.88 Å². The van der Waals surface area contributed by atoms with Crippen molar-refractivity contribution < 1.29 is 29.0 Å². The second-order valence-electron chi connectivity index (χ2n) is 10.9. The van der Waals surface area contributed by atoms with Crippen molar-refractivity contribution in [2.45, 2.75) is 51.2 Å². The van der Waals surface area contributed by atoms with Crippen molar-refractivity contribution in [3.8, 4) is 11.1 Å². The summed E-state index contributed by atoms with van der Waals surface area (Å²) in [6.45, 7) is 5.48. The molecule has 1 aromatic heterocycles. The van der Waals surface area contributed by atoms with Gasteiger partial charge in [-0.05, 0) is 67.5 Å². The van der Waals surface area contributed by atoms with E-state index in [2.05, 4.69) is 17.4 Å². The largest absolute Gasteiger partial charge is 0.480 e. The third-order valence-corrected chi connectivity index (χ3v) is 7.02. The Morgan fingerprint density at radius 3 is 2.15 bits per heavy atom. The molecule has 5 rings (SSSR count). The van der Waals surface area contributed by atoms with Crippen LogP contribution in [0.3, 0.4) is 0 Å². The van der Waals surface area contributed by atoms with Gasteiger partial charge in [-0.3, -0.25) is 4.57 Å². The Labute approximate surface area is 232 Å². The number of nitrogens with one attached hydrogen (secondary N) is 1. The first-order valence-corrected chi connectivity index (χ1v) is 13.3. The van der Waals surface area contributed by atoms with Crippen LogP contribution in [0.25, 0.3) is 22.0 Å². The molecule has 206 valence electrons. The molecule has 1 heterocycles. The number of benzene rings is 3. The monoisotopic (exact) mass is 540 g/mol. The summed E-state index contributed by atoms with van der Waals surface area (Å²) in [4.78, 5) is 37.5. The Kier molecular flexibility index (Phi) is 7.34. The molecule has 1 aliphatic rings. The third-order valence-electron chi connectivity index (χ3n) is 7.02. The van der Waals surface area contributed by atoms with Gasteiger partial charge >= 0.3 is 18.2 Å². The van der Waals surface area contributed by atoms with Crippen LogP contribution >= 0.6 is 0 Å². The predicted molar refractivity (Wildman–Crippen MR) is 152 cm³/mol. The average molecular weight is 541 g/mol. The van der Waals surface area contributed by atoms with E-state index < -0.39 is 29.8 Å². The standard InChI is InChI=1S/C32H32N2O6/c1-32(2,3)40-31(38)34-18-20(21-10-8-9-15-28(21)34)16-17-27(29(35)36)33-30(37)39-19-26-24-13-6-4-11-22(24)23-12-5-7-14-25(23)26/h4-15,18,26-27H,16-17,19H2,1-3H3,(H,33,37)(H,35,36)/t27-/m0/s1. The molecule has 40 heavy (non-hydrogen) atoms. The van der Waals surface area contributed by atoms with Crippen LogP contribution in [0.2, 0.25) is 0 Å². The Bertz CT molecular complexity index is 1540. The number of fused-ring (bicyclic) bond motifs is 4. The second kappa shape index (κ2) is 10.9. The number of aromatic nitrogens is 1. The minimum atomic E-state index is -1.17. The van der Waals surface area contributed by atoms with E-state index in [1.165, 1.54) is 4.57 Å². The van der Waals surface area contributed by atoms with E-state index in [1.54, 1.807) is 27.0 Å². The van der Waals surface area contributed by atoms with Gasteiger partial charge in [-0.15, -0.1) is 0 Å². The summed E-state index contributed by atoms with van der Waals surface area (Å²) >= 11 is 0.